The fraction of sp³-hybridized carbons (Fsp3) is 0.500. The zero-order chi connectivity index (χ0) is 12.4. The standard InChI is InChI=1S/C12H19NO2S/c1-4-16(14,15)11-7-5-10(6-8-11)9-12(2,3)13/h5-8H,4,9,13H2,1-3H3. The molecule has 90 valence electrons. The molecular formula is C12H19NO2S. The summed E-state index contributed by atoms with van der Waals surface area (Å²) in [5.74, 6) is 0.134. The summed E-state index contributed by atoms with van der Waals surface area (Å²) in [5.41, 5.74) is 6.68. The van der Waals surface area contributed by atoms with Crippen LogP contribution >= 0.6 is 0 Å². The third-order valence-corrected chi connectivity index (χ3v) is 4.07. The maximum Gasteiger partial charge on any atom is 0.178 e. The molecule has 1 aromatic carbocycles. The molecule has 0 aromatic heterocycles. The van der Waals surface area contributed by atoms with Crippen LogP contribution in [0.1, 0.15) is 26.3 Å². The van der Waals surface area contributed by atoms with Crippen LogP contribution in [0.4, 0.5) is 0 Å². The van der Waals surface area contributed by atoms with E-state index in [1.165, 1.54) is 0 Å². The van der Waals surface area contributed by atoms with E-state index in [9.17, 15) is 8.42 Å². The second-order valence-electron chi connectivity index (χ2n) is 4.71. The van der Waals surface area contributed by atoms with Gasteiger partial charge in [0.1, 0.15) is 0 Å². The average molecular weight is 241 g/mol. The Balaban J connectivity index is 2.93. The highest BCUT2D eigenvalue weighted by Crippen LogP contribution is 2.15. The van der Waals surface area contributed by atoms with Gasteiger partial charge in [0.05, 0.1) is 10.6 Å². The molecule has 3 nitrogen and oxygen atoms in total. The maximum absolute atomic E-state index is 11.6. The van der Waals surface area contributed by atoms with Crippen molar-refractivity contribution in [2.24, 2.45) is 5.73 Å². The molecule has 2 N–H and O–H groups in total. The summed E-state index contributed by atoms with van der Waals surface area (Å²) in [7, 11) is -3.09. The van der Waals surface area contributed by atoms with E-state index in [1.54, 1.807) is 19.1 Å². The first-order valence-corrected chi connectivity index (χ1v) is 7.00. The maximum atomic E-state index is 11.6. The molecule has 0 aliphatic rings. The van der Waals surface area contributed by atoms with Gasteiger partial charge in [-0.25, -0.2) is 8.42 Å². The summed E-state index contributed by atoms with van der Waals surface area (Å²) in [6, 6.07) is 6.97. The van der Waals surface area contributed by atoms with Crippen LogP contribution in [0.25, 0.3) is 0 Å². The lowest BCUT2D eigenvalue weighted by Gasteiger charge is -2.18. The molecule has 1 rings (SSSR count). The van der Waals surface area contributed by atoms with Gasteiger partial charge in [-0.1, -0.05) is 19.1 Å². The summed E-state index contributed by atoms with van der Waals surface area (Å²) < 4.78 is 23.1. The molecule has 0 heterocycles. The van der Waals surface area contributed by atoms with Gasteiger partial charge in [0.2, 0.25) is 0 Å². The SMILES string of the molecule is CCS(=O)(=O)c1ccc(CC(C)(C)N)cc1. The van der Waals surface area contributed by atoms with Gasteiger partial charge in [0, 0.05) is 5.54 Å². The van der Waals surface area contributed by atoms with Gasteiger partial charge in [-0.2, -0.15) is 0 Å². The van der Waals surface area contributed by atoms with Crippen molar-refractivity contribution in [2.75, 3.05) is 5.75 Å². The van der Waals surface area contributed by atoms with E-state index >= 15 is 0 Å². The molecule has 0 fully saturated rings. The number of nitrogens with two attached hydrogens (primary N) is 1. The summed E-state index contributed by atoms with van der Waals surface area (Å²) >= 11 is 0. The van der Waals surface area contributed by atoms with Crippen molar-refractivity contribution in [1.82, 2.24) is 0 Å². The van der Waals surface area contributed by atoms with Crippen LogP contribution < -0.4 is 5.73 Å². The third-order valence-electron chi connectivity index (χ3n) is 2.32. The second-order valence-corrected chi connectivity index (χ2v) is 6.99. The Morgan fingerprint density at radius 2 is 1.69 bits per heavy atom. The highest BCUT2D eigenvalue weighted by Gasteiger charge is 2.14. The van der Waals surface area contributed by atoms with Gasteiger partial charge in [-0.15, -0.1) is 0 Å². The van der Waals surface area contributed by atoms with Crippen LogP contribution in [0.2, 0.25) is 0 Å². The van der Waals surface area contributed by atoms with Crippen molar-refractivity contribution < 1.29 is 8.42 Å². The van der Waals surface area contributed by atoms with Crippen LogP contribution in [-0.2, 0) is 16.3 Å². The van der Waals surface area contributed by atoms with E-state index in [0.29, 0.717) is 4.90 Å². The van der Waals surface area contributed by atoms with Crippen molar-refractivity contribution in [1.29, 1.82) is 0 Å². The lowest BCUT2D eigenvalue weighted by molar-refractivity contribution is 0.516. The second kappa shape index (κ2) is 4.55. The number of benzene rings is 1. The largest absolute Gasteiger partial charge is 0.325 e. The third kappa shape index (κ3) is 3.61. The Labute approximate surface area is 97.6 Å². The topological polar surface area (TPSA) is 60.2 Å². The van der Waals surface area contributed by atoms with E-state index in [-0.39, 0.29) is 11.3 Å². The normalized spacial score (nSPS) is 12.8. The molecule has 0 bridgehead atoms. The molecule has 0 amide bonds. The summed E-state index contributed by atoms with van der Waals surface area (Å²) in [6.45, 7) is 5.54. The van der Waals surface area contributed by atoms with E-state index in [4.69, 9.17) is 5.73 Å². The van der Waals surface area contributed by atoms with Crippen LogP contribution in [-0.4, -0.2) is 19.7 Å². The first-order chi connectivity index (χ1) is 7.24. The van der Waals surface area contributed by atoms with Crippen LogP contribution in [0, 0.1) is 0 Å². The minimum Gasteiger partial charge on any atom is -0.325 e. The molecule has 0 spiro atoms. The molecule has 0 atom stereocenters. The Morgan fingerprint density at radius 3 is 2.06 bits per heavy atom. The molecule has 0 radical (unpaired) electrons. The van der Waals surface area contributed by atoms with Crippen LogP contribution in [0.15, 0.2) is 29.2 Å². The molecule has 4 heteroatoms. The number of rotatable bonds is 4. The lowest BCUT2D eigenvalue weighted by atomic mass is 9.96. The first-order valence-electron chi connectivity index (χ1n) is 5.35. The van der Waals surface area contributed by atoms with E-state index in [2.05, 4.69) is 0 Å². The fourth-order valence-corrected chi connectivity index (χ4v) is 2.39. The number of hydrogen-bond donors (Lipinski definition) is 1. The molecule has 16 heavy (non-hydrogen) atoms. The predicted octanol–water partition coefficient (Wildman–Crippen LogP) is 1.76. The Morgan fingerprint density at radius 1 is 1.19 bits per heavy atom. The van der Waals surface area contributed by atoms with Crippen LogP contribution in [0.3, 0.4) is 0 Å². The van der Waals surface area contributed by atoms with Gasteiger partial charge in [0.25, 0.3) is 0 Å². The van der Waals surface area contributed by atoms with Gasteiger partial charge in [-0.05, 0) is 38.0 Å². The Kier molecular flexibility index (Phi) is 3.76. The molecule has 0 aliphatic carbocycles. The van der Waals surface area contributed by atoms with Gasteiger partial charge < -0.3 is 5.73 Å². The molecule has 0 aliphatic heterocycles. The quantitative estimate of drug-likeness (QED) is 0.873. The zero-order valence-electron chi connectivity index (χ0n) is 10.0. The minimum atomic E-state index is -3.09. The van der Waals surface area contributed by atoms with Gasteiger partial charge in [0.15, 0.2) is 9.84 Å². The monoisotopic (exact) mass is 241 g/mol. The summed E-state index contributed by atoms with van der Waals surface area (Å²) in [5, 5.41) is 0. The zero-order valence-corrected chi connectivity index (χ0v) is 10.8. The predicted molar refractivity (Wildman–Crippen MR) is 66.1 cm³/mol. The van der Waals surface area contributed by atoms with Crippen LogP contribution in [0.5, 0.6) is 0 Å². The Bertz CT molecular complexity index is 441. The van der Waals surface area contributed by atoms with Crippen molar-refractivity contribution in [3.8, 4) is 0 Å². The molecule has 0 unspecified atom stereocenters. The van der Waals surface area contributed by atoms with Gasteiger partial charge >= 0.3 is 0 Å². The molecule has 0 saturated heterocycles. The Hall–Kier alpha value is -0.870. The highest BCUT2D eigenvalue weighted by molar-refractivity contribution is 7.91. The number of hydrogen-bond acceptors (Lipinski definition) is 3. The van der Waals surface area contributed by atoms with Gasteiger partial charge in [-0.3, -0.25) is 0 Å². The molecular weight excluding hydrogens is 222 g/mol. The van der Waals surface area contributed by atoms with Crippen molar-refractivity contribution in [2.45, 2.75) is 37.6 Å². The summed E-state index contributed by atoms with van der Waals surface area (Å²) in [6.07, 6.45) is 0.736. The van der Waals surface area contributed by atoms with E-state index < -0.39 is 9.84 Å². The minimum absolute atomic E-state index is 0.134. The number of sulfone groups is 1. The van der Waals surface area contributed by atoms with Crippen molar-refractivity contribution in [3.05, 3.63) is 29.8 Å². The van der Waals surface area contributed by atoms with Crippen molar-refractivity contribution in [3.63, 3.8) is 0 Å². The van der Waals surface area contributed by atoms with Crippen molar-refractivity contribution >= 4 is 9.84 Å². The summed E-state index contributed by atoms with van der Waals surface area (Å²) in [4.78, 5) is 0.383. The van der Waals surface area contributed by atoms with E-state index in [0.717, 1.165) is 12.0 Å². The lowest BCUT2D eigenvalue weighted by Crippen LogP contribution is -2.34. The average Bonchev–Trinajstić information content (AvgIpc) is 2.16. The molecule has 0 saturated carbocycles. The first kappa shape index (κ1) is 13.2. The smallest absolute Gasteiger partial charge is 0.178 e. The highest BCUT2D eigenvalue weighted by atomic mass is 32.2. The van der Waals surface area contributed by atoms with E-state index in [1.807, 2.05) is 26.0 Å². The molecule has 1 aromatic rings. The fourth-order valence-electron chi connectivity index (χ4n) is 1.51.